The Morgan fingerprint density at radius 2 is 2.00 bits per heavy atom. The molecule has 1 aliphatic carbocycles. The molecular weight excluding hydrogens is 340 g/mol. The van der Waals surface area contributed by atoms with E-state index in [0.717, 1.165) is 22.4 Å². The van der Waals surface area contributed by atoms with Crippen LogP contribution in [0.4, 0.5) is 17.6 Å². The van der Waals surface area contributed by atoms with Crippen LogP contribution in [0.3, 0.4) is 0 Å². The minimum absolute atomic E-state index is 0.0356. The standard InChI is InChI=1S/C19H20N8/c1-11(18-13-4-7-20-14(13)5-8-21-18)23-19-22-9-6-16(25-19)24-17-10-15(26-27-17)12-2-3-12/h4-12,20H,2-3H2,1H3,(H3,22,23,24,25,26,27). The lowest BCUT2D eigenvalue weighted by Gasteiger charge is -2.14. The fraction of sp³-hybridized carbons (Fsp3) is 0.263. The molecule has 0 aliphatic heterocycles. The first-order valence-electron chi connectivity index (χ1n) is 9.10. The van der Waals surface area contributed by atoms with Crippen molar-refractivity contribution in [1.29, 1.82) is 0 Å². The zero-order valence-corrected chi connectivity index (χ0v) is 14.9. The Bertz CT molecular complexity index is 1080. The first-order valence-corrected chi connectivity index (χ1v) is 9.10. The summed E-state index contributed by atoms with van der Waals surface area (Å²) in [6, 6.07) is 7.83. The smallest absolute Gasteiger partial charge is 0.225 e. The highest BCUT2D eigenvalue weighted by molar-refractivity contribution is 5.82. The van der Waals surface area contributed by atoms with E-state index in [4.69, 9.17) is 0 Å². The second-order valence-corrected chi connectivity index (χ2v) is 6.87. The minimum atomic E-state index is -0.0356. The summed E-state index contributed by atoms with van der Waals surface area (Å²) in [5.74, 6) is 2.65. The molecule has 0 spiro atoms. The fourth-order valence-electron chi connectivity index (χ4n) is 3.25. The summed E-state index contributed by atoms with van der Waals surface area (Å²) in [4.78, 5) is 16.6. The Morgan fingerprint density at radius 1 is 1.11 bits per heavy atom. The van der Waals surface area contributed by atoms with Gasteiger partial charge >= 0.3 is 0 Å². The molecule has 4 N–H and O–H groups in total. The number of fused-ring (bicyclic) bond motifs is 1. The van der Waals surface area contributed by atoms with E-state index in [-0.39, 0.29) is 6.04 Å². The van der Waals surface area contributed by atoms with E-state index in [1.54, 1.807) is 12.4 Å². The van der Waals surface area contributed by atoms with E-state index in [2.05, 4.69) is 40.8 Å². The van der Waals surface area contributed by atoms with Gasteiger partial charge in [0.2, 0.25) is 5.95 Å². The van der Waals surface area contributed by atoms with Gasteiger partial charge in [0.05, 0.1) is 11.7 Å². The lowest BCUT2D eigenvalue weighted by Crippen LogP contribution is -2.11. The highest BCUT2D eigenvalue weighted by Gasteiger charge is 2.25. The van der Waals surface area contributed by atoms with E-state index in [1.807, 2.05) is 37.4 Å². The lowest BCUT2D eigenvalue weighted by atomic mass is 10.1. The van der Waals surface area contributed by atoms with Gasteiger partial charge in [0.25, 0.3) is 0 Å². The first kappa shape index (κ1) is 15.8. The minimum Gasteiger partial charge on any atom is -0.361 e. The molecule has 1 saturated carbocycles. The number of aromatic amines is 2. The van der Waals surface area contributed by atoms with Crippen LogP contribution in [0.15, 0.2) is 42.9 Å². The van der Waals surface area contributed by atoms with Gasteiger partial charge in [-0.1, -0.05) is 0 Å². The summed E-state index contributed by atoms with van der Waals surface area (Å²) in [5.41, 5.74) is 3.20. The molecule has 8 heteroatoms. The van der Waals surface area contributed by atoms with Crippen molar-refractivity contribution in [3.63, 3.8) is 0 Å². The number of hydrogen-bond acceptors (Lipinski definition) is 6. The van der Waals surface area contributed by atoms with Gasteiger partial charge < -0.3 is 15.6 Å². The first-order chi connectivity index (χ1) is 13.3. The molecule has 4 heterocycles. The largest absolute Gasteiger partial charge is 0.361 e. The molecule has 1 unspecified atom stereocenters. The number of nitrogens with one attached hydrogen (secondary N) is 4. The molecule has 0 saturated heterocycles. The van der Waals surface area contributed by atoms with Crippen LogP contribution in [0.25, 0.3) is 10.9 Å². The van der Waals surface area contributed by atoms with Gasteiger partial charge in [-0.05, 0) is 38.0 Å². The molecule has 136 valence electrons. The van der Waals surface area contributed by atoms with E-state index < -0.39 is 0 Å². The van der Waals surface area contributed by atoms with Gasteiger partial charge in [0.15, 0.2) is 5.82 Å². The summed E-state index contributed by atoms with van der Waals surface area (Å²) in [5, 5.41) is 15.1. The number of aromatic nitrogens is 6. The van der Waals surface area contributed by atoms with Crippen molar-refractivity contribution in [2.45, 2.75) is 31.7 Å². The van der Waals surface area contributed by atoms with E-state index in [1.165, 1.54) is 18.5 Å². The zero-order chi connectivity index (χ0) is 18.2. The summed E-state index contributed by atoms with van der Waals surface area (Å²) in [6.45, 7) is 2.05. The maximum atomic E-state index is 4.55. The Labute approximate surface area is 155 Å². The van der Waals surface area contributed by atoms with Gasteiger partial charge in [0.1, 0.15) is 5.82 Å². The number of rotatable bonds is 6. The van der Waals surface area contributed by atoms with Crippen molar-refractivity contribution in [3.8, 4) is 0 Å². The summed E-state index contributed by atoms with van der Waals surface area (Å²) in [7, 11) is 0. The fourth-order valence-corrected chi connectivity index (χ4v) is 3.25. The number of nitrogens with zero attached hydrogens (tertiary/aromatic N) is 4. The van der Waals surface area contributed by atoms with Crippen LogP contribution in [0.1, 0.15) is 43.1 Å². The zero-order valence-electron chi connectivity index (χ0n) is 14.9. The van der Waals surface area contributed by atoms with Gasteiger partial charge in [-0.2, -0.15) is 10.1 Å². The molecule has 8 nitrogen and oxygen atoms in total. The van der Waals surface area contributed by atoms with Crippen molar-refractivity contribution in [2.24, 2.45) is 0 Å². The number of anilines is 3. The lowest BCUT2D eigenvalue weighted by molar-refractivity contribution is 0.833. The number of H-pyrrole nitrogens is 2. The topological polar surface area (TPSA) is 107 Å². The van der Waals surface area contributed by atoms with Gasteiger partial charge in [0, 0.05) is 47.2 Å². The quantitative estimate of drug-likeness (QED) is 0.416. The molecule has 0 bridgehead atoms. The molecule has 0 aromatic carbocycles. The molecule has 1 aliphatic rings. The highest BCUT2D eigenvalue weighted by Crippen LogP contribution is 2.39. The SMILES string of the molecule is CC(Nc1nccc(Nc2cc(C3CC3)[nH]n2)n1)c1nccc2[nH]ccc12. The summed E-state index contributed by atoms with van der Waals surface area (Å²) in [6.07, 6.45) is 7.93. The van der Waals surface area contributed by atoms with E-state index >= 15 is 0 Å². The number of pyridine rings is 1. The monoisotopic (exact) mass is 360 g/mol. The van der Waals surface area contributed by atoms with Crippen LogP contribution in [-0.4, -0.2) is 30.1 Å². The van der Waals surface area contributed by atoms with Crippen molar-refractivity contribution < 1.29 is 0 Å². The third-order valence-corrected chi connectivity index (χ3v) is 4.79. The molecule has 4 aromatic rings. The predicted molar refractivity (Wildman–Crippen MR) is 104 cm³/mol. The Hall–Kier alpha value is -3.42. The Kier molecular flexibility index (Phi) is 3.74. The Balaban J connectivity index is 1.33. The summed E-state index contributed by atoms with van der Waals surface area (Å²) >= 11 is 0. The van der Waals surface area contributed by atoms with Crippen LogP contribution in [0.2, 0.25) is 0 Å². The van der Waals surface area contributed by atoms with Crippen molar-refractivity contribution in [3.05, 3.63) is 54.2 Å². The number of hydrogen-bond donors (Lipinski definition) is 4. The third kappa shape index (κ3) is 3.21. The molecule has 4 aromatic heterocycles. The van der Waals surface area contributed by atoms with Gasteiger partial charge in [-0.25, -0.2) is 4.98 Å². The second kappa shape index (κ2) is 6.39. The van der Waals surface area contributed by atoms with Crippen LogP contribution in [-0.2, 0) is 0 Å². The van der Waals surface area contributed by atoms with E-state index in [9.17, 15) is 0 Å². The maximum absolute atomic E-state index is 4.55. The second-order valence-electron chi connectivity index (χ2n) is 6.87. The van der Waals surface area contributed by atoms with Crippen LogP contribution < -0.4 is 10.6 Å². The molecular formula is C19H20N8. The van der Waals surface area contributed by atoms with Gasteiger partial charge in [-0.15, -0.1) is 0 Å². The molecule has 1 fully saturated rings. The molecule has 0 radical (unpaired) electrons. The maximum Gasteiger partial charge on any atom is 0.225 e. The van der Waals surface area contributed by atoms with Crippen LogP contribution in [0, 0.1) is 0 Å². The highest BCUT2D eigenvalue weighted by atomic mass is 15.2. The Morgan fingerprint density at radius 3 is 2.89 bits per heavy atom. The molecule has 1 atom stereocenters. The van der Waals surface area contributed by atoms with Crippen molar-refractivity contribution >= 4 is 28.5 Å². The predicted octanol–water partition coefficient (Wildman–Crippen LogP) is 3.87. The van der Waals surface area contributed by atoms with Crippen LogP contribution >= 0.6 is 0 Å². The van der Waals surface area contributed by atoms with Crippen molar-refractivity contribution in [1.82, 2.24) is 30.1 Å². The normalized spacial score (nSPS) is 15.0. The average Bonchev–Trinajstić information content (AvgIpc) is 3.22. The van der Waals surface area contributed by atoms with Gasteiger partial charge in [-0.3, -0.25) is 10.1 Å². The summed E-state index contributed by atoms with van der Waals surface area (Å²) < 4.78 is 0. The molecule has 5 rings (SSSR count). The average molecular weight is 360 g/mol. The van der Waals surface area contributed by atoms with Crippen LogP contribution in [0.5, 0.6) is 0 Å². The molecule has 0 amide bonds. The van der Waals surface area contributed by atoms with E-state index in [0.29, 0.717) is 17.7 Å². The van der Waals surface area contributed by atoms with Crippen molar-refractivity contribution in [2.75, 3.05) is 10.6 Å². The molecule has 27 heavy (non-hydrogen) atoms. The third-order valence-electron chi connectivity index (χ3n) is 4.79.